The van der Waals surface area contributed by atoms with Crippen molar-refractivity contribution in [1.82, 2.24) is 4.98 Å². The highest BCUT2D eigenvalue weighted by Crippen LogP contribution is 2.34. The lowest BCUT2D eigenvalue weighted by Gasteiger charge is -2.18. The first kappa shape index (κ1) is 17.3. The van der Waals surface area contributed by atoms with Crippen LogP contribution in [0.1, 0.15) is 23.0 Å². The van der Waals surface area contributed by atoms with Gasteiger partial charge in [0, 0.05) is 33.1 Å². The molecule has 0 saturated carbocycles. The van der Waals surface area contributed by atoms with Crippen molar-refractivity contribution in [2.45, 2.75) is 6.92 Å². The molecule has 1 aromatic heterocycles. The van der Waals surface area contributed by atoms with Crippen LogP contribution in [0, 0.1) is 0 Å². The summed E-state index contributed by atoms with van der Waals surface area (Å²) in [5, 5.41) is 11.1. The minimum absolute atomic E-state index is 0.184. The number of aromatic nitrogens is 1. The molecule has 3 rings (SSSR count). The topological polar surface area (TPSA) is 73.4 Å². The number of benzene rings is 2. The van der Waals surface area contributed by atoms with E-state index in [9.17, 15) is 14.7 Å². The third-order valence-electron chi connectivity index (χ3n) is 3.86. The molecule has 0 aliphatic rings. The number of fused-ring (bicyclic) bond motifs is 1. The highest BCUT2D eigenvalue weighted by atomic mass is 35.5. The number of nitrogens with one attached hydrogen (secondary N) is 1. The molecule has 2 aromatic carbocycles. The van der Waals surface area contributed by atoms with Crippen molar-refractivity contribution in [1.29, 1.82) is 0 Å². The Hall–Kier alpha value is -2.50. The largest absolute Gasteiger partial charge is 0.465 e. The standard InChI is InChI=1S/C18H14Cl2N2O3/c1-2-22(18(24)25)16-13-7-6-12(20)9-14(13)21-15(16)17(23)10-4-3-5-11(19)8-10/h3-9,21H,2H2,1H3,(H,24,25). The Morgan fingerprint density at radius 1 is 1.12 bits per heavy atom. The fourth-order valence-corrected chi connectivity index (χ4v) is 3.13. The van der Waals surface area contributed by atoms with Crippen molar-refractivity contribution in [2.24, 2.45) is 0 Å². The summed E-state index contributed by atoms with van der Waals surface area (Å²) in [7, 11) is 0. The number of ketones is 1. The van der Waals surface area contributed by atoms with E-state index >= 15 is 0 Å². The molecule has 5 nitrogen and oxygen atoms in total. The third-order valence-corrected chi connectivity index (χ3v) is 4.33. The molecule has 0 unspecified atom stereocenters. The number of aromatic amines is 1. The lowest BCUT2D eigenvalue weighted by atomic mass is 10.1. The van der Waals surface area contributed by atoms with Gasteiger partial charge in [-0.15, -0.1) is 0 Å². The van der Waals surface area contributed by atoms with E-state index in [-0.39, 0.29) is 18.0 Å². The van der Waals surface area contributed by atoms with Gasteiger partial charge in [0.05, 0.1) is 5.69 Å². The molecule has 1 heterocycles. The van der Waals surface area contributed by atoms with Crippen molar-refractivity contribution in [3.05, 3.63) is 63.8 Å². The highest BCUT2D eigenvalue weighted by Gasteiger charge is 2.26. The lowest BCUT2D eigenvalue weighted by molar-refractivity contribution is 0.103. The van der Waals surface area contributed by atoms with E-state index in [1.807, 2.05) is 0 Å². The van der Waals surface area contributed by atoms with E-state index in [2.05, 4.69) is 4.98 Å². The monoisotopic (exact) mass is 376 g/mol. The summed E-state index contributed by atoms with van der Waals surface area (Å²) >= 11 is 12.0. The maximum atomic E-state index is 13.0. The summed E-state index contributed by atoms with van der Waals surface area (Å²) in [6.07, 6.45) is -1.14. The number of nitrogens with zero attached hydrogens (tertiary/aromatic N) is 1. The fraction of sp³-hybridized carbons (Fsp3) is 0.111. The fourth-order valence-electron chi connectivity index (χ4n) is 2.76. The maximum Gasteiger partial charge on any atom is 0.411 e. The van der Waals surface area contributed by atoms with Crippen LogP contribution in [0.5, 0.6) is 0 Å². The predicted octanol–water partition coefficient (Wildman–Crippen LogP) is 5.21. The van der Waals surface area contributed by atoms with Crippen LogP contribution in [-0.2, 0) is 0 Å². The van der Waals surface area contributed by atoms with Crippen molar-refractivity contribution in [3.63, 3.8) is 0 Å². The molecule has 0 spiro atoms. The summed E-state index contributed by atoms with van der Waals surface area (Å²) in [6.45, 7) is 1.90. The lowest BCUT2D eigenvalue weighted by Crippen LogP contribution is -2.30. The Labute approximate surface area is 153 Å². The predicted molar refractivity (Wildman–Crippen MR) is 99.2 cm³/mol. The van der Waals surface area contributed by atoms with Gasteiger partial charge < -0.3 is 10.1 Å². The van der Waals surface area contributed by atoms with Crippen LogP contribution in [0.2, 0.25) is 10.0 Å². The smallest absolute Gasteiger partial charge is 0.411 e. The van der Waals surface area contributed by atoms with Gasteiger partial charge in [-0.25, -0.2) is 4.79 Å². The average molecular weight is 377 g/mol. The summed E-state index contributed by atoms with van der Waals surface area (Å²) in [5.41, 5.74) is 1.45. The quantitative estimate of drug-likeness (QED) is 0.613. The van der Waals surface area contributed by atoms with Gasteiger partial charge in [-0.3, -0.25) is 9.69 Å². The maximum absolute atomic E-state index is 13.0. The summed E-state index contributed by atoms with van der Waals surface area (Å²) in [4.78, 5) is 28.8. The molecule has 25 heavy (non-hydrogen) atoms. The minimum atomic E-state index is -1.14. The van der Waals surface area contributed by atoms with Gasteiger partial charge >= 0.3 is 6.09 Å². The number of hydrogen-bond acceptors (Lipinski definition) is 2. The number of rotatable bonds is 4. The zero-order chi connectivity index (χ0) is 18.1. The van der Waals surface area contributed by atoms with Gasteiger partial charge in [-0.2, -0.15) is 0 Å². The van der Waals surface area contributed by atoms with E-state index in [1.165, 1.54) is 0 Å². The van der Waals surface area contributed by atoms with E-state index in [0.717, 1.165) is 4.90 Å². The Bertz CT molecular complexity index is 982. The second kappa shape index (κ2) is 6.78. The second-order valence-corrected chi connectivity index (χ2v) is 6.28. The van der Waals surface area contributed by atoms with Crippen LogP contribution in [0.4, 0.5) is 10.5 Å². The zero-order valence-electron chi connectivity index (χ0n) is 13.2. The normalized spacial score (nSPS) is 10.8. The van der Waals surface area contributed by atoms with Crippen molar-refractivity contribution in [2.75, 3.05) is 11.4 Å². The second-order valence-electron chi connectivity index (χ2n) is 5.40. The Kier molecular flexibility index (Phi) is 4.70. The average Bonchev–Trinajstić information content (AvgIpc) is 2.93. The van der Waals surface area contributed by atoms with E-state index < -0.39 is 6.09 Å². The number of amides is 1. The molecular weight excluding hydrogens is 363 g/mol. The van der Waals surface area contributed by atoms with Gasteiger partial charge in [0.25, 0.3) is 0 Å². The number of carboxylic acid groups (broad SMARTS) is 1. The van der Waals surface area contributed by atoms with E-state index in [0.29, 0.717) is 32.2 Å². The molecule has 1 amide bonds. The molecule has 0 radical (unpaired) electrons. The summed E-state index contributed by atoms with van der Waals surface area (Å²) in [6, 6.07) is 11.5. The Morgan fingerprint density at radius 2 is 1.84 bits per heavy atom. The van der Waals surface area contributed by atoms with Crippen LogP contribution >= 0.6 is 23.2 Å². The van der Waals surface area contributed by atoms with Crippen molar-refractivity contribution < 1.29 is 14.7 Å². The molecule has 0 saturated heterocycles. The van der Waals surface area contributed by atoms with Crippen LogP contribution in [-0.4, -0.2) is 28.5 Å². The molecular formula is C18H14Cl2N2O3. The number of carbonyl (C=O) groups is 2. The molecule has 128 valence electrons. The van der Waals surface area contributed by atoms with Gasteiger partial charge in [-0.1, -0.05) is 35.3 Å². The van der Waals surface area contributed by atoms with Crippen molar-refractivity contribution in [3.8, 4) is 0 Å². The molecule has 7 heteroatoms. The third kappa shape index (κ3) is 3.21. The molecule has 0 aliphatic carbocycles. The SMILES string of the molecule is CCN(C(=O)O)c1c(C(=O)c2cccc(Cl)c2)[nH]c2cc(Cl)ccc12. The molecule has 0 atom stereocenters. The minimum Gasteiger partial charge on any atom is -0.465 e. The number of carbonyl (C=O) groups excluding carboxylic acids is 1. The molecule has 3 aromatic rings. The van der Waals surface area contributed by atoms with E-state index in [1.54, 1.807) is 49.4 Å². The molecule has 2 N–H and O–H groups in total. The van der Waals surface area contributed by atoms with E-state index in [4.69, 9.17) is 23.2 Å². The first-order valence-electron chi connectivity index (χ1n) is 7.54. The Balaban J connectivity index is 2.26. The van der Waals surface area contributed by atoms with Gasteiger partial charge in [0.2, 0.25) is 5.78 Å². The summed E-state index contributed by atoms with van der Waals surface area (Å²) in [5.74, 6) is -0.343. The molecule has 0 bridgehead atoms. The number of hydrogen-bond donors (Lipinski definition) is 2. The highest BCUT2D eigenvalue weighted by molar-refractivity contribution is 6.32. The van der Waals surface area contributed by atoms with Gasteiger partial charge in [-0.05, 0) is 37.3 Å². The number of halogens is 2. The molecule has 0 fully saturated rings. The van der Waals surface area contributed by atoms with Crippen LogP contribution in [0.15, 0.2) is 42.5 Å². The molecule has 0 aliphatic heterocycles. The van der Waals surface area contributed by atoms with Gasteiger partial charge in [0.1, 0.15) is 5.69 Å². The van der Waals surface area contributed by atoms with Crippen molar-refractivity contribution >= 4 is 51.7 Å². The number of H-pyrrole nitrogens is 1. The first-order chi connectivity index (χ1) is 11.9. The summed E-state index contributed by atoms with van der Waals surface area (Å²) < 4.78 is 0. The van der Waals surface area contributed by atoms with Crippen LogP contribution in [0.3, 0.4) is 0 Å². The van der Waals surface area contributed by atoms with Gasteiger partial charge in [0.15, 0.2) is 0 Å². The Morgan fingerprint density at radius 3 is 2.48 bits per heavy atom. The first-order valence-corrected chi connectivity index (χ1v) is 8.30. The van der Waals surface area contributed by atoms with Crippen LogP contribution in [0.25, 0.3) is 10.9 Å². The van der Waals surface area contributed by atoms with Crippen LogP contribution < -0.4 is 4.90 Å². The number of anilines is 1. The zero-order valence-corrected chi connectivity index (χ0v) is 14.7.